The van der Waals surface area contributed by atoms with Crippen molar-refractivity contribution in [3.8, 4) is 0 Å². The summed E-state index contributed by atoms with van der Waals surface area (Å²) in [7, 11) is 1.91. The van der Waals surface area contributed by atoms with Crippen molar-refractivity contribution in [1.29, 1.82) is 0 Å². The average molecular weight is 139 g/mol. The number of aryl methyl sites for hydroxylation is 1. The van der Waals surface area contributed by atoms with E-state index < -0.39 is 0 Å². The molecule has 1 aromatic heterocycles. The Hall–Kier alpha value is -0.830. The first-order chi connectivity index (χ1) is 4.68. The fourth-order valence-corrected chi connectivity index (χ4v) is 0.949. The molecule has 2 N–H and O–H groups in total. The standard InChI is InChI=1S/C7H13N3/c1-6(8)3-7-4-9-10(2)5-7/h4-6H,3,8H2,1-2H3/t6-/m1/s1. The lowest BCUT2D eigenvalue weighted by molar-refractivity contribution is 0.734. The fraction of sp³-hybridized carbons (Fsp3) is 0.571. The molecule has 0 spiro atoms. The predicted octanol–water partition coefficient (Wildman–Crippen LogP) is 0.310. The molecule has 1 atom stereocenters. The molecule has 0 aromatic carbocycles. The fourth-order valence-electron chi connectivity index (χ4n) is 0.949. The van der Waals surface area contributed by atoms with Crippen LogP contribution in [0.3, 0.4) is 0 Å². The molecular weight excluding hydrogens is 126 g/mol. The van der Waals surface area contributed by atoms with E-state index in [0.717, 1.165) is 6.42 Å². The van der Waals surface area contributed by atoms with Crippen LogP contribution in [0.15, 0.2) is 12.4 Å². The summed E-state index contributed by atoms with van der Waals surface area (Å²) in [4.78, 5) is 0. The molecule has 10 heavy (non-hydrogen) atoms. The molecular formula is C7H13N3. The maximum absolute atomic E-state index is 5.60. The van der Waals surface area contributed by atoms with E-state index in [-0.39, 0.29) is 6.04 Å². The van der Waals surface area contributed by atoms with Crippen molar-refractivity contribution in [1.82, 2.24) is 9.78 Å². The maximum Gasteiger partial charge on any atom is 0.0522 e. The average Bonchev–Trinajstić information content (AvgIpc) is 2.13. The normalized spacial score (nSPS) is 13.5. The summed E-state index contributed by atoms with van der Waals surface area (Å²) in [6.45, 7) is 1.99. The molecule has 0 saturated carbocycles. The Labute approximate surface area is 60.8 Å². The second-order valence-electron chi connectivity index (χ2n) is 2.70. The van der Waals surface area contributed by atoms with Crippen LogP contribution < -0.4 is 5.73 Å². The summed E-state index contributed by atoms with van der Waals surface area (Å²) in [5.74, 6) is 0. The van der Waals surface area contributed by atoms with Gasteiger partial charge in [0.2, 0.25) is 0 Å². The monoisotopic (exact) mass is 139 g/mol. The van der Waals surface area contributed by atoms with E-state index >= 15 is 0 Å². The quantitative estimate of drug-likeness (QED) is 0.640. The lowest BCUT2D eigenvalue weighted by Crippen LogP contribution is -2.17. The minimum absolute atomic E-state index is 0.226. The van der Waals surface area contributed by atoms with Gasteiger partial charge < -0.3 is 5.73 Å². The third kappa shape index (κ3) is 1.84. The van der Waals surface area contributed by atoms with Gasteiger partial charge in [-0.3, -0.25) is 4.68 Å². The molecule has 0 amide bonds. The Kier molecular flexibility index (Phi) is 2.06. The van der Waals surface area contributed by atoms with E-state index in [4.69, 9.17) is 5.73 Å². The van der Waals surface area contributed by atoms with E-state index in [1.165, 1.54) is 5.56 Å². The predicted molar refractivity (Wildman–Crippen MR) is 40.6 cm³/mol. The van der Waals surface area contributed by atoms with Crippen LogP contribution in [0.1, 0.15) is 12.5 Å². The number of nitrogens with two attached hydrogens (primary N) is 1. The minimum atomic E-state index is 0.226. The molecule has 3 heteroatoms. The van der Waals surface area contributed by atoms with E-state index in [1.807, 2.05) is 26.4 Å². The number of nitrogens with zero attached hydrogens (tertiary/aromatic N) is 2. The number of rotatable bonds is 2. The summed E-state index contributed by atoms with van der Waals surface area (Å²) in [5, 5.41) is 4.03. The Morgan fingerprint density at radius 1 is 1.80 bits per heavy atom. The molecule has 0 fully saturated rings. The van der Waals surface area contributed by atoms with Crippen LogP contribution in [0, 0.1) is 0 Å². The largest absolute Gasteiger partial charge is 0.328 e. The van der Waals surface area contributed by atoms with E-state index in [0.29, 0.717) is 0 Å². The smallest absolute Gasteiger partial charge is 0.0522 e. The Bertz CT molecular complexity index is 202. The van der Waals surface area contributed by atoms with Gasteiger partial charge in [0.25, 0.3) is 0 Å². The highest BCUT2D eigenvalue weighted by atomic mass is 15.2. The van der Waals surface area contributed by atoms with Crippen molar-refractivity contribution in [2.45, 2.75) is 19.4 Å². The van der Waals surface area contributed by atoms with Crippen molar-refractivity contribution in [2.24, 2.45) is 12.8 Å². The van der Waals surface area contributed by atoms with Crippen molar-refractivity contribution in [3.63, 3.8) is 0 Å². The summed E-state index contributed by atoms with van der Waals surface area (Å²) >= 11 is 0. The summed E-state index contributed by atoms with van der Waals surface area (Å²) in [5.41, 5.74) is 6.80. The first kappa shape index (κ1) is 7.28. The first-order valence-corrected chi connectivity index (χ1v) is 3.41. The summed E-state index contributed by atoms with van der Waals surface area (Å²) < 4.78 is 1.79. The van der Waals surface area contributed by atoms with Gasteiger partial charge in [-0.15, -0.1) is 0 Å². The van der Waals surface area contributed by atoms with Gasteiger partial charge in [-0.05, 0) is 18.9 Å². The minimum Gasteiger partial charge on any atom is -0.328 e. The van der Waals surface area contributed by atoms with Crippen LogP contribution in [-0.2, 0) is 13.5 Å². The van der Waals surface area contributed by atoms with Crippen molar-refractivity contribution >= 4 is 0 Å². The zero-order valence-corrected chi connectivity index (χ0v) is 6.41. The molecule has 1 heterocycles. The van der Waals surface area contributed by atoms with Crippen molar-refractivity contribution in [3.05, 3.63) is 18.0 Å². The highest BCUT2D eigenvalue weighted by molar-refractivity contribution is 5.04. The van der Waals surface area contributed by atoms with Gasteiger partial charge in [-0.1, -0.05) is 0 Å². The number of hydrogen-bond acceptors (Lipinski definition) is 2. The molecule has 0 aliphatic heterocycles. The second-order valence-corrected chi connectivity index (χ2v) is 2.70. The van der Waals surface area contributed by atoms with Gasteiger partial charge in [0.1, 0.15) is 0 Å². The van der Waals surface area contributed by atoms with Crippen molar-refractivity contribution < 1.29 is 0 Å². The lowest BCUT2D eigenvalue weighted by Gasteiger charge is -1.99. The lowest BCUT2D eigenvalue weighted by atomic mass is 10.1. The first-order valence-electron chi connectivity index (χ1n) is 3.41. The zero-order valence-electron chi connectivity index (χ0n) is 6.41. The Morgan fingerprint density at radius 3 is 2.90 bits per heavy atom. The molecule has 0 radical (unpaired) electrons. The van der Waals surface area contributed by atoms with Crippen LogP contribution in [0.25, 0.3) is 0 Å². The third-order valence-electron chi connectivity index (χ3n) is 1.32. The molecule has 1 rings (SSSR count). The molecule has 1 aromatic rings. The Balaban J connectivity index is 2.58. The van der Waals surface area contributed by atoms with Crippen LogP contribution in [0.5, 0.6) is 0 Å². The maximum atomic E-state index is 5.60. The van der Waals surface area contributed by atoms with Crippen molar-refractivity contribution in [2.75, 3.05) is 0 Å². The third-order valence-corrected chi connectivity index (χ3v) is 1.32. The molecule has 0 aliphatic rings. The summed E-state index contributed by atoms with van der Waals surface area (Å²) in [6.07, 6.45) is 4.75. The molecule has 56 valence electrons. The van der Waals surface area contributed by atoms with Gasteiger partial charge >= 0.3 is 0 Å². The van der Waals surface area contributed by atoms with Gasteiger partial charge in [-0.2, -0.15) is 5.10 Å². The SMILES string of the molecule is C[C@@H](N)Cc1cnn(C)c1. The second kappa shape index (κ2) is 2.84. The molecule has 0 unspecified atom stereocenters. The van der Waals surface area contributed by atoms with E-state index in [9.17, 15) is 0 Å². The summed E-state index contributed by atoms with van der Waals surface area (Å²) in [6, 6.07) is 0.226. The highest BCUT2D eigenvalue weighted by Crippen LogP contribution is 1.98. The zero-order chi connectivity index (χ0) is 7.56. The Morgan fingerprint density at radius 2 is 2.50 bits per heavy atom. The highest BCUT2D eigenvalue weighted by Gasteiger charge is 1.98. The topological polar surface area (TPSA) is 43.8 Å². The van der Waals surface area contributed by atoms with E-state index in [1.54, 1.807) is 4.68 Å². The van der Waals surface area contributed by atoms with Gasteiger partial charge in [-0.25, -0.2) is 0 Å². The van der Waals surface area contributed by atoms with Crippen LogP contribution in [0.4, 0.5) is 0 Å². The number of hydrogen-bond donors (Lipinski definition) is 1. The molecule has 3 nitrogen and oxygen atoms in total. The van der Waals surface area contributed by atoms with E-state index in [2.05, 4.69) is 5.10 Å². The molecule has 0 saturated heterocycles. The van der Waals surface area contributed by atoms with Crippen LogP contribution in [0.2, 0.25) is 0 Å². The van der Waals surface area contributed by atoms with Crippen LogP contribution >= 0.6 is 0 Å². The van der Waals surface area contributed by atoms with Gasteiger partial charge in [0, 0.05) is 19.3 Å². The number of aromatic nitrogens is 2. The van der Waals surface area contributed by atoms with Crippen LogP contribution in [-0.4, -0.2) is 15.8 Å². The molecule has 0 bridgehead atoms. The van der Waals surface area contributed by atoms with Gasteiger partial charge in [0.05, 0.1) is 6.20 Å². The van der Waals surface area contributed by atoms with Gasteiger partial charge in [0.15, 0.2) is 0 Å². The molecule has 0 aliphatic carbocycles.